The number of nitrogens with zero attached hydrogens (tertiary/aromatic N) is 1. The highest BCUT2D eigenvalue weighted by molar-refractivity contribution is 7.92. The average molecular weight is 419 g/mol. The second kappa shape index (κ2) is 6.74. The number of H-pyrrole nitrogens is 2. The molecule has 3 aromatic rings. The van der Waals surface area contributed by atoms with Crippen LogP contribution in [0.4, 0.5) is 18.9 Å². The lowest BCUT2D eigenvalue weighted by Crippen LogP contribution is -2.14. The highest BCUT2D eigenvalue weighted by Gasteiger charge is 2.32. The standard InChI is InChI=1S/C15H10ClF3N4O3S/c16-10-1-3-12(4-2-10)27(25,26)23-11-6-8(13-20-14(24)22-21-13)5-9(7-11)15(17,18)19/h1-7,23H,(H2,20,21,22,24). The van der Waals surface area contributed by atoms with Crippen molar-refractivity contribution in [3.8, 4) is 11.4 Å². The molecule has 1 aromatic heterocycles. The molecule has 27 heavy (non-hydrogen) atoms. The van der Waals surface area contributed by atoms with E-state index in [1.165, 1.54) is 24.3 Å². The summed E-state index contributed by atoms with van der Waals surface area (Å²) in [6.45, 7) is 0. The predicted molar refractivity (Wildman–Crippen MR) is 91.9 cm³/mol. The molecule has 0 amide bonds. The Bertz CT molecular complexity index is 1140. The van der Waals surface area contributed by atoms with Gasteiger partial charge in [0.1, 0.15) is 0 Å². The number of sulfonamides is 1. The maximum absolute atomic E-state index is 13.2. The van der Waals surface area contributed by atoms with Gasteiger partial charge < -0.3 is 0 Å². The Kier molecular flexibility index (Phi) is 4.74. The predicted octanol–water partition coefficient (Wildman–Crippen LogP) is 3.24. The van der Waals surface area contributed by atoms with Crippen LogP contribution < -0.4 is 10.4 Å². The molecule has 0 radical (unpaired) electrons. The number of halogens is 4. The Labute approximate surface area is 155 Å². The maximum atomic E-state index is 13.2. The quantitative estimate of drug-likeness (QED) is 0.604. The van der Waals surface area contributed by atoms with Gasteiger partial charge in [0.15, 0.2) is 5.82 Å². The monoisotopic (exact) mass is 418 g/mol. The molecule has 0 unspecified atom stereocenters. The first-order chi connectivity index (χ1) is 12.5. The molecule has 142 valence electrons. The van der Waals surface area contributed by atoms with Crippen LogP contribution in [0.3, 0.4) is 0 Å². The summed E-state index contributed by atoms with van der Waals surface area (Å²) in [4.78, 5) is 13.2. The number of nitrogens with one attached hydrogen (secondary N) is 3. The lowest BCUT2D eigenvalue weighted by molar-refractivity contribution is -0.137. The molecule has 0 aliphatic rings. The van der Waals surface area contributed by atoms with Gasteiger partial charge in [-0.2, -0.15) is 18.3 Å². The zero-order chi connectivity index (χ0) is 19.8. The molecule has 0 aliphatic carbocycles. The molecule has 12 heteroatoms. The van der Waals surface area contributed by atoms with Crippen LogP contribution >= 0.6 is 11.6 Å². The van der Waals surface area contributed by atoms with Crippen LogP contribution in [0.2, 0.25) is 5.02 Å². The second-order valence-corrected chi connectivity index (χ2v) is 7.50. The zero-order valence-corrected chi connectivity index (χ0v) is 14.7. The van der Waals surface area contributed by atoms with E-state index in [4.69, 9.17) is 11.6 Å². The topological polar surface area (TPSA) is 108 Å². The van der Waals surface area contributed by atoms with Crippen LogP contribution in [0.25, 0.3) is 11.4 Å². The van der Waals surface area contributed by atoms with Crippen molar-refractivity contribution in [1.82, 2.24) is 15.2 Å². The molecule has 0 aliphatic heterocycles. The lowest BCUT2D eigenvalue weighted by Gasteiger charge is -2.13. The Hall–Kier alpha value is -2.79. The summed E-state index contributed by atoms with van der Waals surface area (Å²) >= 11 is 5.70. The van der Waals surface area contributed by atoms with E-state index < -0.39 is 27.5 Å². The molecule has 0 bridgehead atoms. The molecule has 0 atom stereocenters. The van der Waals surface area contributed by atoms with Gasteiger partial charge in [0, 0.05) is 10.6 Å². The highest BCUT2D eigenvalue weighted by atomic mass is 35.5. The van der Waals surface area contributed by atoms with E-state index in [1.807, 2.05) is 5.10 Å². The highest BCUT2D eigenvalue weighted by Crippen LogP contribution is 2.34. The fourth-order valence-corrected chi connectivity index (χ4v) is 3.39. The maximum Gasteiger partial charge on any atom is 0.416 e. The SMILES string of the molecule is O=c1[nH]nc(-c2cc(NS(=O)(=O)c3ccc(Cl)cc3)cc(C(F)(F)F)c2)[nH]1. The van der Waals surface area contributed by atoms with Gasteiger partial charge in [-0.25, -0.2) is 18.3 Å². The van der Waals surface area contributed by atoms with Gasteiger partial charge in [-0.15, -0.1) is 0 Å². The van der Waals surface area contributed by atoms with Crippen LogP contribution in [-0.2, 0) is 16.2 Å². The van der Waals surface area contributed by atoms with Gasteiger partial charge in [0.25, 0.3) is 10.0 Å². The number of aromatic amines is 2. The fraction of sp³-hybridized carbons (Fsp3) is 0.0667. The van der Waals surface area contributed by atoms with Crippen molar-refractivity contribution in [2.24, 2.45) is 0 Å². The number of benzene rings is 2. The van der Waals surface area contributed by atoms with Gasteiger partial charge in [-0.1, -0.05) is 11.6 Å². The van der Waals surface area contributed by atoms with E-state index in [1.54, 1.807) is 0 Å². The van der Waals surface area contributed by atoms with Crippen molar-refractivity contribution in [1.29, 1.82) is 0 Å². The van der Waals surface area contributed by atoms with Crippen molar-refractivity contribution in [2.45, 2.75) is 11.1 Å². The van der Waals surface area contributed by atoms with E-state index in [0.29, 0.717) is 11.1 Å². The van der Waals surface area contributed by atoms with Crippen molar-refractivity contribution in [2.75, 3.05) is 4.72 Å². The summed E-state index contributed by atoms with van der Waals surface area (Å²) in [6, 6.07) is 7.60. The molecular weight excluding hydrogens is 409 g/mol. The number of alkyl halides is 3. The molecule has 0 saturated carbocycles. The Morgan fingerprint density at radius 2 is 1.74 bits per heavy atom. The second-order valence-electron chi connectivity index (χ2n) is 5.38. The first-order valence-electron chi connectivity index (χ1n) is 7.20. The van der Waals surface area contributed by atoms with Crippen molar-refractivity contribution < 1.29 is 21.6 Å². The van der Waals surface area contributed by atoms with E-state index in [0.717, 1.165) is 12.1 Å². The summed E-state index contributed by atoms with van der Waals surface area (Å²) in [7, 11) is -4.16. The first-order valence-corrected chi connectivity index (χ1v) is 9.06. The van der Waals surface area contributed by atoms with Crippen LogP contribution in [0.15, 0.2) is 52.2 Å². The minimum atomic E-state index is -4.74. The number of rotatable bonds is 4. The Morgan fingerprint density at radius 3 is 2.30 bits per heavy atom. The molecule has 7 nitrogen and oxygen atoms in total. The van der Waals surface area contributed by atoms with Crippen molar-refractivity contribution in [3.63, 3.8) is 0 Å². The Morgan fingerprint density at radius 1 is 1.07 bits per heavy atom. The van der Waals surface area contributed by atoms with Gasteiger partial charge >= 0.3 is 11.9 Å². The summed E-state index contributed by atoms with van der Waals surface area (Å²) in [5, 5.41) is 5.90. The minimum absolute atomic E-state index is 0.128. The molecule has 0 spiro atoms. The van der Waals surface area contributed by atoms with Crippen molar-refractivity contribution in [3.05, 3.63) is 63.5 Å². The summed E-state index contributed by atoms with van der Waals surface area (Å²) in [5.41, 5.74) is -2.31. The van der Waals surface area contributed by atoms with Gasteiger partial charge in [0.2, 0.25) is 0 Å². The van der Waals surface area contributed by atoms with E-state index in [9.17, 15) is 26.4 Å². The molecule has 3 N–H and O–H groups in total. The lowest BCUT2D eigenvalue weighted by atomic mass is 10.1. The summed E-state index contributed by atoms with van der Waals surface area (Å²) < 4.78 is 66.4. The normalized spacial score (nSPS) is 12.1. The number of aromatic nitrogens is 3. The van der Waals surface area contributed by atoms with E-state index in [2.05, 4.69) is 14.8 Å². The Balaban J connectivity index is 2.06. The van der Waals surface area contributed by atoms with Crippen molar-refractivity contribution >= 4 is 27.3 Å². The van der Waals surface area contributed by atoms with Gasteiger partial charge in [0.05, 0.1) is 16.1 Å². The van der Waals surface area contributed by atoms with Gasteiger partial charge in [-0.05, 0) is 42.5 Å². The third kappa shape index (κ3) is 4.31. The van der Waals surface area contributed by atoms with Gasteiger partial charge in [-0.3, -0.25) is 9.71 Å². The molecule has 1 heterocycles. The molecule has 3 rings (SSSR count). The third-order valence-corrected chi connectivity index (χ3v) is 5.06. The summed E-state index contributed by atoms with van der Waals surface area (Å²) in [6.07, 6.45) is -4.74. The number of hydrogen-bond acceptors (Lipinski definition) is 4. The number of hydrogen-bond donors (Lipinski definition) is 3. The smallest absolute Gasteiger partial charge is 0.289 e. The first kappa shape index (κ1) is 19.0. The third-order valence-electron chi connectivity index (χ3n) is 3.41. The molecule has 0 fully saturated rings. The zero-order valence-electron chi connectivity index (χ0n) is 13.1. The molecular formula is C15H10ClF3N4O3S. The molecule has 0 saturated heterocycles. The summed E-state index contributed by atoms with van der Waals surface area (Å²) in [5.74, 6) is -0.168. The average Bonchev–Trinajstić information content (AvgIpc) is 3.00. The van der Waals surface area contributed by atoms with E-state index in [-0.39, 0.29) is 22.0 Å². The number of anilines is 1. The van der Waals surface area contributed by atoms with Crippen LogP contribution in [-0.4, -0.2) is 23.6 Å². The largest absolute Gasteiger partial charge is 0.416 e. The molecule has 2 aromatic carbocycles. The van der Waals surface area contributed by atoms with Crippen LogP contribution in [0, 0.1) is 0 Å². The fourth-order valence-electron chi connectivity index (χ4n) is 2.22. The van der Waals surface area contributed by atoms with Crippen LogP contribution in [0.1, 0.15) is 5.56 Å². The van der Waals surface area contributed by atoms with E-state index >= 15 is 0 Å². The van der Waals surface area contributed by atoms with Crippen LogP contribution in [0.5, 0.6) is 0 Å². The minimum Gasteiger partial charge on any atom is -0.289 e.